The SMILES string of the molecule is O=C(Cc1cccc([N+](=O)[O-])c1)NC1CCC(C(=O)O)CC1. The fourth-order valence-corrected chi connectivity index (χ4v) is 2.73. The van der Waals surface area contributed by atoms with Gasteiger partial charge in [0.1, 0.15) is 0 Å². The second-order valence-corrected chi connectivity index (χ2v) is 5.56. The van der Waals surface area contributed by atoms with Crippen molar-refractivity contribution in [3.63, 3.8) is 0 Å². The average Bonchev–Trinajstić information content (AvgIpc) is 2.47. The molecular formula is C15H18N2O5. The number of carbonyl (C=O) groups is 2. The second-order valence-electron chi connectivity index (χ2n) is 5.56. The number of benzene rings is 1. The van der Waals surface area contributed by atoms with Crippen LogP contribution in [0.25, 0.3) is 0 Å². The lowest BCUT2D eigenvalue weighted by Gasteiger charge is -2.26. The number of nitro benzene ring substituents is 1. The summed E-state index contributed by atoms with van der Waals surface area (Å²) < 4.78 is 0. The smallest absolute Gasteiger partial charge is 0.306 e. The summed E-state index contributed by atoms with van der Waals surface area (Å²) in [4.78, 5) is 33.1. The van der Waals surface area contributed by atoms with Crippen LogP contribution in [-0.4, -0.2) is 27.9 Å². The molecule has 0 atom stereocenters. The Labute approximate surface area is 127 Å². The largest absolute Gasteiger partial charge is 0.481 e. The molecule has 0 spiro atoms. The van der Waals surface area contributed by atoms with Crippen LogP contribution in [0.1, 0.15) is 31.2 Å². The number of carboxylic acids is 1. The van der Waals surface area contributed by atoms with Crippen molar-refractivity contribution < 1.29 is 19.6 Å². The summed E-state index contributed by atoms with van der Waals surface area (Å²) >= 11 is 0. The molecule has 1 aliphatic carbocycles. The lowest BCUT2D eigenvalue weighted by molar-refractivity contribution is -0.384. The lowest BCUT2D eigenvalue weighted by atomic mass is 9.86. The Morgan fingerprint density at radius 1 is 1.27 bits per heavy atom. The van der Waals surface area contributed by atoms with E-state index in [1.54, 1.807) is 12.1 Å². The predicted molar refractivity (Wildman–Crippen MR) is 78.3 cm³/mol. The number of rotatable bonds is 5. The Hall–Kier alpha value is -2.44. The maximum atomic E-state index is 12.0. The molecular weight excluding hydrogens is 288 g/mol. The molecule has 0 heterocycles. The molecule has 0 saturated heterocycles. The first-order valence-corrected chi connectivity index (χ1v) is 7.21. The van der Waals surface area contributed by atoms with E-state index in [1.807, 2.05) is 0 Å². The normalized spacial score (nSPS) is 21.1. The predicted octanol–water partition coefficient (Wildman–Crippen LogP) is 1.90. The molecule has 2 rings (SSSR count). The van der Waals surface area contributed by atoms with Crippen molar-refractivity contribution in [3.8, 4) is 0 Å². The van der Waals surface area contributed by atoms with Gasteiger partial charge in [-0.15, -0.1) is 0 Å². The molecule has 1 aromatic carbocycles. The van der Waals surface area contributed by atoms with Crippen LogP contribution in [0.5, 0.6) is 0 Å². The summed E-state index contributed by atoms with van der Waals surface area (Å²) in [6.07, 6.45) is 2.52. The molecule has 1 fully saturated rings. The number of carboxylic acid groups (broad SMARTS) is 1. The van der Waals surface area contributed by atoms with Crippen molar-refractivity contribution in [1.29, 1.82) is 0 Å². The van der Waals surface area contributed by atoms with Gasteiger partial charge < -0.3 is 10.4 Å². The molecule has 7 heteroatoms. The van der Waals surface area contributed by atoms with E-state index in [1.165, 1.54) is 12.1 Å². The van der Waals surface area contributed by atoms with Crippen LogP contribution in [0.3, 0.4) is 0 Å². The Morgan fingerprint density at radius 2 is 1.95 bits per heavy atom. The van der Waals surface area contributed by atoms with Crippen molar-refractivity contribution in [2.24, 2.45) is 5.92 Å². The highest BCUT2D eigenvalue weighted by atomic mass is 16.6. The van der Waals surface area contributed by atoms with E-state index in [-0.39, 0.29) is 30.0 Å². The number of nitrogens with zero attached hydrogens (tertiary/aromatic N) is 1. The maximum absolute atomic E-state index is 12.0. The first-order valence-electron chi connectivity index (χ1n) is 7.21. The third kappa shape index (κ3) is 4.28. The van der Waals surface area contributed by atoms with Gasteiger partial charge in [-0.1, -0.05) is 12.1 Å². The van der Waals surface area contributed by atoms with Crippen molar-refractivity contribution in [2.45, 2.75) is 38.1 Å². The Balaban J connectivity index is 1.85. The minimum atomic E-state index is -0.777. The molecule has 0 aromatic heterocycles. The standard InChI is InChI=1S/C15H18N2O5/c18-14(9-10-2-1-3-13(8-10)17(21)22)16-12-6-4-11(5-7-12)15(19)20/h1-3,8,11-12H,4-7,9H2,(H,16,18)(H,19,20). The molecule has 0 bridgehead atoms. The zero-order valence-electron chi connectivity index (χ0n) is 12.0. The Morgan fingerprint density at radius 3 is 2.55 bits per heavy atom. The zero-order valence-corrected chi connectivity index (χ0v) is 12.0. The van der Waals surface area contributed by atoms with Crippen molar-refractivity contribution >= 4 is 17.6 Å². The number of amides is 1. The summed E-state index contributed by atoms with van der Waals surface area (Å²) in [7, 11) is 0. The molecule has 1 aliphatic rings. The van der Waals surface area contributed by atoms with E-state index in [0.717, 1.165) is 0 Å². The fraction of sp³-hybridized carbons (Fsp3) is 0.467. The van der Waals surface area contributed by atoms with Crippen molar-refractivity contribution in [3.05, 3.63) is 39.9 Å². The van der Waals surface area contributed by atoms with Crippen LogP contribution in [0, 0.1) is 16.0 Å². The van der Waals surface area contributed by atoms with E-state index in [2.05, 4.69) is 5.32 Å². The van der Waals surface area contributed by atoms with Crippen LogP contribution in [0.15, 0.2) is 24.3 Å². The van der Waals surface area contributed by atoms with Gasteiger partial charge in [0.25, 0.3) is 5.69 Å². The highest BCUT2D eigenvalue weighted by Crippen LogP contribution is 2.24. The van der Waals surface area contributed by atoms with Crippen molar-refractivity contribution in [2.75, 3.05) is 0 Å². The maximum Gasteiger partial charge on any atom is 0.306 e. The monoisotopic (exact) mass is 306 g/mol. The lowest BCUT2D eigenvalue weighted by Crippen LogP contribution is -2.39. The minimum absolute atomic E-state index is 0.0122. The highest BCUT2D eigenvalue weighted by molar-refractivity contribution is 5.79. The third-order valence-electron chi connectivity index (χ3n) is 3.93. The van der Waals surface area contributed by atoms with E-state index in [0.29, 0.717) is 31.2 Å². The zero-order chi connectivity index (χ0) is 16.1. The van der Waals surface area contributed by atoms with Gasteiger partial charge in [0, 0.05) is 18.2 Å². The summed E-state index contributed by atoms with van der Waals surface area (Å²) in [6.45, 7) is 0. The van der Waals surface area contributed by atoms with Crippen LogP contribution in [0.2, 0.25) is 0 Å². The van der Waals surface area contributed by atoms with Gasteiger partial charge in [-0.3, -0.25) is 19.7 Å². The van der Waals surface area contributed by atoms with Crippen LogP contribution < -0.4 is 5.32 Å². The first kappa shape index (κ1) is 15.9. The van der Waals surface area contributed by atoms with Crippen LogP contribution >= 0.6 is 0 Å². The molecule has 2 N–H and O–H groups in total. The summed E-state index contributed by atoms with van der Waals surface area (Å²) in [6, 6.07) is 5.99. The van der Waals surface area contributed by atoms with Gasteiger partial charge in [0.05, 0.1) is 17.3 Å². The first-order chi connectivity index (χ1) is 10.5. The van der Waals surface area contributed by atoms with E-state index in [4.69, 9.17) is 5.11 Å². The molecule has 22 heavy (non-hydrogen) atoms. The van der Waals surface area contributed by atoms with Crippen LogP contribution in [0.4, 0.5) is 5.69 Å². The number of aliphatic carboxylic acids is 1. The summed E-state index contributed by atoms with van der Waals surface area (Å²) in [5, 5.41) is 22.5. The molecule has 1 saturated carbocycles. The molecule has 0 aliphatic heterocycles. The van der Waals surface area contributed by atoms with Gasteiger partial charge in [-0.25, -0.2) is 0 Å². The molecule has 1 aromatic rings. The number of nitrogens with one attached hydrogen (secondary N) is 1. The van der Waals surface area contributed by atoms with Gasteiger partial charge in [0.2, 0.25) is 5.91 Å². The minimum Gasteiger partial charge on any atom is -0.481 e. The number of carbonyl (C=O) groups excluding carboxylic acids is 1. The fourth-order valence-electron chi connectivity index (χ4n) is 2.73. The molecule has 7 nitrogen and oxygen atoms in total. The topological polar surface area (TPSA) is 110 Å². The Kier molecular flexibility index (Phi) is 5.08. The highest BCUT2D eigenvalue weighted by Gasteiger charge is 2.26. The Bertz CT molecular complexity index is 579. The second kappa shape index (κ2) is 7.02. The van der Waals surface area contributed by atoms with E-state index < -0.39 is 10.9 Å². The van der Waals surface area contributed by atoms with Gasteiger partial charge in [0.15, 0.2) is 0 Å². The average molecular weight is 306 g/mol. The molecule has 1 amide bonds. The number of hydrogen-bond acceptors (Lipinski definition) is 4. The number of nitro groups is 1. The van der Waals surface area contributed by atoms with Gasteiger partial charge in [-0.05, 0) is 31.2 Å². The number of non-ortho nitro benzene ring substituents is 1. The summed E-state index contributed by atoms with van der Waals surface area (Å²) in [5.74, 6) is -1.29. The summed E-state index contributed by atoms with van der Waals surface area (Å²) in [5.41, 5.74) is 0.554. The van der Waals surface area contributed by atoms with Crippen LogP contribution in [-0.2, 0) is 16.0 Å². The van der Waals surface area contributed by atoms with E-state index >= 15 is 0 Å². The molecule has 0 unspecified atom stereocenters. The van der Waals surface area contributed by atoms with Gasteiger partial charge >= 0.3 is 5.97 Å². The molecule has 118 valence electrons. The quantitative estimate of drug-likeness (QED) is 0.637. The van der Waals surface area contributed by atoms with Crippen molar-refractivity contribution in [1.82, 2.24) is 5.32 Å². The third-order valence-corrected chi connectivity index (χ3v) is 3.93. The van der Waals surface area contributed by atoms with Gasteiger partial charge in [-0.2, -0.15) is 0 Å². The number of hydrogen-bond donors (Lipinski definition) is 2. The molecule has 0 radical (unpaired) electrons. The van der Waals surface area contributed by atoms with E-state index in [9.17, 15) is 19.7 Å².